The van der Waals surface area contributed by atoms with Gasteiger partial charge in [-0.1, -0.05) is 58.3 Å². The summed E-state index contributed by atoms with van der Waals surface area (Å²) >= 11 is 0. The third-order valence-electron chi connectivity index (χ3n) is 10.7. The van der Waals surface area contributed by atoms with E-state index in [0.717, 1.165) is 83.1 Å². The van der Waals surface area contributed by atoms with Gasteiger partial charge in [-0.3, -0.25) is 19.2 Å². The Morgan fingerprint density at radius 3 is 2.09 bits per heavy atom. The molecule has 2 unspecified atom stereocenters. The maximum absolute atomic E-state index is 14.2. The molecule has 45 heavy (non-hydrogen) atoms. The fourth-order valence-corrected chi connectivity index (χ4v) is 8.43. The Bertz CT molecular complexity index is 1640. The number of imide groups is 2. The lowest BCUT2D eigenvalue weighted by molar-refractivity contribution is -0.166. The number of hydrazine groups is 2. The normalized spacial score (nSPS) is 23.2. The number of unbranched alkanes of at least 4 members (excludes halogenated alkanes) is 3. The third-order valence-corrected chi connectivity index (χ3v) is 10.7. The number of nitrogens with zero attached hydrogens (tertiary/aromatic N) is 4. The van der Waals surface area contributed by atoms with Crippen molar-refractivity contribution in [1.82, 2.24) is 20.0 Å². The molecule has 0 radical (unpaired) electrons. The van der Waals surface area contributed by atoms with Crippen LogP contribution in [-0.4, -0.2) is 70.3 Å². The van der Waals surface area contributed by atoms with E-state index in [0.29, 0.717) is 56.5 Å². The Labute approximate surface area is 266 Å². The van der Waals surface area contributed by atoms with Crippen LogP contribution in [0.25, 0.3) is 11.1 Å². The van der Waals surface area contributed by atoms with Gasteiger partial charge >= 0.3 is 0 Å². The SMILES string of the molecule is CCCCN(C)N1C(=O)C2=CCC3C4=CCC5C(=O)N(N(CCCC)CCCC)C(=O)C6=C5C4=C(CC6)c4ccc(c2c43)C1=O. The van der Waals surface area contributed by atoms with Gasteiger partial charge in [-0.2, -0.15) is 0 Å². The summed E-state index contributed by atoms with van der Waals surface area (Å²) in [6, 6.07) is 3.96. The van der Waals surface area contributed by atoms with E-state index < -0.39 is 0 Å². The average Bonchev–Trinajstić information content (AvgIpc) is 3.05. The first-order chi connectivity index (χ1) is 21.8. The number of rotatable bonds is 11. The first-order valence-corrected chi connectivity index (χ1v) is 17.1. The number of benzene rings is 1. The fourth-order valence-electron chi connectivity index (χ4n) is 8.43. The molecule has 8 nitrogen and oxygen atoms in total. The summed E-state index contributed by atoms with van der Waals surface area (Å²) in [6.45, 7) is 8.41. The standard InChI is InChI=1S/C37H44N4O4/c1-5-8-19-38(4)40-34(42)26-15-11-22-24-13-17-28-33-29(37(45)41(36(28)44)39(20-9-6-2)21-10-7-3)18-14-25(31(24)33)23-12-16-27(35(40)43)32(26)30(22)23/h11,14-16,23,29H,5-10,12-13,17-21H2,1-4H3. The van der Waals surface area contributed by atoms with Crippen LogP contribution >= 0.6 is 0 Å². The van der Waals surface area contributed by atoms with Crippen molar-refractivity contribution >= 4 is 34.8 Å². The molecular formula is C37H44N4O4. The largest absolute Gasteiger partial charge is 0.276 e. The van der Waals surface area contributed by atoms with E-state index in [2.05, 4.69) is 32.9 Å². The second-order valence-electron chi connectivity index (χ2n) is 13.3. The molecule has 7 rings (SSSR count). The van der Waals surface area contributed by atoms with Crippen molar-refractivity contribution in [1.29, 1.82) is 0 Å². The van der Waals surface area contributed by atoms with Crippen molar-refractivity contribution in [3.63, 3.8) is 0 Å². The predicted octanol–water partition coefficient (Wildman–Crippen LogP) is 6.18. The van der Waals surface area contributed by atoms with Gasteiger partial charge in [0.1, 0.15) is 0 Å². The molecule has 6 aliphatic rings. The van der Waals surface area contributed by atoms with Crippen LogP contribution in [0.5, 0.6) is 0 Å². The minimum absolute atomic E-state index is 0.0101. The Morgan fingerprint density at radius 2 is 1.38 bits per heavy atom. The van der Waals surface area contributed by atoms with Gasteiger partial charge in [0.05, 0.1) is 5.92 Å². The first-order valence-electron chi connectivity index (χ1n) is 17.1. The van der Waals surface area contributed by atoms with Crippen molar-refractivity contribution < 1.29 is 19.2 Å². The van der Waals surface area contributed by atoms with Crippen LogP contribution in [-0.2, 0) is 14.4 Å². The zero-order valence-electron chi connectivity index (χ0n) is 27.1. The van der Waals surface area contributed by atoms with Crippen molar-refractivity contribution in [2.75, 3.05) is 26.7 Å². The van der Waals surface area contributed by atoms with Gasteiger partial charge in [-0.05, 0) is 84.4 Å². The first kappa shape index (κ1) is 30.1. The minimum Gasteiger partial charge on any atom is -0.272 e. The van der Waals surface area contributed by atoms with Gasteiger partial charge < -0.3 is 0 Å². The summed E-state index contributed by atoms with van der Waals surface area (Å²) in [6.07, 6.45) is 12.5. The highest BCUT2D eigenvalue weighted by Crippen LogP contribution is 2.59. The predicted molar refractivity (Wildman–Crippen MR) is 173 cm³/mol. The van der Waals surface area contributed by atoms with Crippen molar-refractivity contribution in [3.8, 4) is 0 Å². The van der Waals surface area contributed by atoms with Crippen LogP contribution in [0.2, 0.25) is 0 Å². The average molecular weight is 609 g/mol. The summed E-state index contributed by atoms with van der Waals surface area (Å²) in [4.78, 5) is 56.0. The molecule has 8 heteroatoms. The molecule has 1 aromatic carbocycles. The maximum Gasteiger partial charge on any atom is 0.276 e. The number of fused-ring (bicyclic) bond motifs is 2. The summed E-state index contributed by atoms with van der Waals surface area (Å²) in [5.74, 6) is -1.12. The van der Waals surface area contributed by atoms with E-state index in [4.69, 9.17) is 0 Å². The van der Waals surface area contributed by atoms with Gasteiger partial charge in [0.15, 0.2) is 0 Å². The fraction of sp³-hybridized carbons (Fsp3) is 0.514. The zero-order chi connectivity index (χ0) is 31.6. The molecule has 4 aliphatic carbocycles. The van der Waals surface area contributed by atoms with Gasteiger partial charge in [0.2, 0.25) is 0 Å². The van der Waals surface area contributed by atoms with Crippen LogP contribution in [0.3, 0.4) is 0 Å². The molecule has 2 aliphatic heterocycles. The summed E-state index contributed by atoms with van der Waals surface area (Å²) in [5, 5.41) is 6.59. The molecule has 236 valence electrons. The van der Waals surface area contributed by atoms with Crippen LogP contribution < -0.4 is 0 Å². The van der Waals surface area contributed by atoms with Gasteiger partial charge in [0.25, 0.3) is 23.6 Å². The van der Waals surface area contributed by atoms with Crippen LogP contribution in [0.15, 0.2) is 46.6 Å². The lowest BCUT2D eigenvalue weighted by Crippen LogP contribution is -2.57. The summed E-state index contributed by atoms with van der Waals surface area (Å²) < 4.78 is 0. The van der Waals surface area contributed by atoms with Crippen molar-refractivity contribution in [3.05, 3.63) is 68.8 Å². The van der Waals surface area contributed by atoms with Gasteiger partial charge in [-0.15, -0.1) is 0 Å². The number of amides is 4. The molecule has 0 fully saturated rings. The topological polar surface area (TPSA) is 81.2 Å². The number of hydrogen-bond donors (Lipinski definition) is 0. The van der Waals surface area contributed by atoms with E-state index in [1.165, 1.54) is 10.0 Å². The second-order valence-corrected chi connectivity index (χ2v) is 13.3. The molecule has 2 atom stereocenters. The highest BCUT2D eigenvalue weighted by atomic mass is 16.2. The molecule has 2 heterocycles. The van der Waals surface area contributed by atoms with Gasteiger partial charge in [-0.25, -0.2) is 20.0 Å². The minimum atomic E-state index is -0.359. The molecule has 4 amide bonds. The Kier molecular flexibility index (Phi) is 7.77. The van der Waals surface area contributed by atoms with E-state index in [1.807, 2.05) is 24.2 Å². The van der Waals surface area contributed by atoms with Crippen molar-refractivity contribution in [2.24, 2.45) is 5.92 Å². The second kappa shape index (κ2) is 11.6. The molecular weight excluding hydrogens is 564 g/mol. The molecule has 0 bridgehead atoms. The monoisotopic (exact) mass is 608 g/mol. The zero-order valence-corrected chi connectivity index (χ0v) is 27.1. The third kappa shape index (κ3) is 4.39. The van der Waals surface area contributed by atoms with Crippen LogP contribution in [0, 0.1) is 5.92 Å². The lowest BCUT2D eigenvalue weighted by Gasteiger charge is -2.48. The molecule has 1 aromatic rings. The Hall–Kier alpha value is -3.62. The quantitative estimate of drug-likeness (QED) is 0.279. The van der Waals surface area contributed by atoms with E-state index >= 15 is 0 Å². The Morgan fingerprint density at radius 1 is 0.733 bits per heavy atom. The van der Waals surface area contributed by atoms with E-state index in [-0.39, 0.29) is 35.5 Å². The number of hydrogen-bond acceptors (Lipinski definition) is 6. The number of carbonyl (C=O) groups is 4. The van der Waals surface area contributed by atoms with Crippen molar-refractivity contribution in [2.45, 2.75) is 90.9 Å². The van der Waals surface area contributed by atoms with Crippen LogP contribution in [0.1, 0.15) is 118 Å². The smallest absolute Gasteiger partial charge is 0.272 e. The summed E-state index contributed by atoms with van der Waals surface area (Å²) in [7, 11) is 1.81. The van der Waals surface area contributed by atoms with Crippen LogP contribution in [0.4, 0.5) is 0 Å². The lowest BCUT2D eigenvalue weighted by atomic mass is 9.59. The number of carbonyl (C=O) groups excluding carboxylic acids is 4. The molecule has 0 spiro atoms. The summed E-state index contributed by atoms with van der Waals surface area (Å²) in [5.41, 5.74) is 9.30. The Balaban J connectivity index is 1.33. The number of allylic oxidation sites excluding steroid dienone is 5. The maximum atomic E-state index is 14.2. The molecule has 0 saturated carbocycles. The molecule has 0 N–H and O–H groups in total. The van der Waals surface area contributed by atoms with E-state index in [9.17, 15) is 19.2 Å². The molecule has 0 aromatic heterocycles. The molecule has 0 saturated heterocycles. The highest BCUT2D eigenvalue weighted by Gasteiger charge is 2.51. The highest BCUT2D eigenvalue weighted by molar-refractivity contribution is 6.31. The van der Waals surface area contributed by atoms with Gasteiger partial charge in [0, 0.05) is 54.9 Å². The van der Waals surface area contributed by atoms with E-state index in [1.54, 1.807) is 5.01 Å².